The third-order valence-electron chi connectivity index (χ3n) is 4.36. The predicted octanol–water partition coefficient (Wildman–Crippen LogP) is 2.62. The second-order valence-electron chi connectivity index (χ2n) is 6.12. The highest BCUT2D eigenvalue weighted by Gasteiger charge is 2.29. The summed E-state index contributed by atoms with van der Waals surface area (Å²) in [4.78, 5) is 14.3. The number of benzene rings is 1. The van der Waals surface area contributed by atoms with Gasteiger partial charge in [0.15, 0.2) is 0 Å². The molecule has 1 aliphatic rings. The lowest BCUT2D eigenvalue weighted by Gasteiger charge is -2.35. The molecule has 1 fully saturated rings. The number of hydrogen-bond acceptors (Lipinski definition) is 2. The second-order valence-corrected chi connectivity index (χ2v) is 6.12. The molecule has 0 aliphatic carbocycles. The molecule has 1 N–H and O–H groups in total. The van der Waals surface area contributed by atoms with Gasteiger partial charge in [0.2, 0.25) is 5.91 Å². The molecule has 0 saturated carbocycles. The van der Waals surface area contributed by atoms with Crippen molar-refractivity contribution in [2.24, 2.45) is 11.8 Å². The van der Waals surface area contributed by atoms with E-state index in [1.54, 1.807) is 25.1 Å². The average molecular weight is 293 g/mol. The molecule has 1 heterocycles. The fraction of sp³-hybridized carbons (Fsp3) is 0.588. The normalized spacial score (nSPS) is 21.9. The number of aliphatic hydroxyl groups is 1. The van der Waals surface area contributed by atoms with Crippen LogP contribution < -0.4 is 0 Å². The van der Waals surface area contributed by atoms with Crippen LogP contribution in [0.5, 0.6) is 0 Å². The highest BCUT2D eigenvalue weighted by molar-refractivity contribution is 5.79. The first-order valence-electron chi connectivity index (χ1n) is 7.69. The largest absolute Gasteiger partial charge is 0.393 e. The third kappa shape index (κ3) is 4.03. The Bertz CT molecular complexity index is 489. The summed E-state index contributed by atoms with van der Waals surface area (Å²) in [5.74, 6) is -0.278. The maximum atomic E-state index is 13.7. The van der Waals surface area contributed by atoms with Crippen molar-refractivity contribution in [1.29, 1.82) is 0 Å². The van der Waals surface area contributed by atoms with E-state index in [9.17, 15) is 14.3 Å². The van der Waals surface area contributed by atoms with Gasteiger partial charge in [-0.1, -0.05) is 25.1 Å². The smallest absolute Gasteiger partial charge is 0.225 e. The number of rotatable bonds is 4. The maximum Gasteiger partial charge on any atom is 0.225 e. The number of carbonyl (C=O) groups is 1. The first kappa shape index (κ1) is 16.0. The SMILES string of the molecule is CC(Cc1ccccc1F)C(=O)N1CCCC(C(C)O)C1. The predicted molar refractivity (Wildman–Crippen MR) is 80.3 cm³/mol. The van der Waals surface area contributed by atoms with Crippen LogP contribution in [0.4, 0.5) is 4.39 Å². The highest BCUT2D eigenvalue weighted by atomic mass is 19.1. The van der Waals surface area contributed by atoms with Crippen LogP contribution in [0, 0.1) is 17.7 Å². The zero-order chi connectivity index (χ0) is 15.4. The minimum absolute atomic E-state index is 0.0589. The van der Waals surface area contributed by atoms with E-state index in [1.165, 1.54) is 6.07 Å². The molecule has 4 heteroatoms. The fourth-order valence-electron chi connectivity index (χ4n) is 3.00. The monoisotopic (exact) mass is 293 g/mol. The summed E-state index contributed by atoms with van der Waals surface area (Å²) in [6, 6.07) is 6.61. The van der Waals surface area contributed by atoms with Gasteiger partial charge in [0, 0.05) is 24.9 Å². The van der Waals surface area contributed by atoms with Crippen molar-refractivity contribution in [3.05, 3.63) is 35.6 Å². The molecule has 0 radical (unpaired) electrons. The number of hydrogen-bond donors (Lipinski definition) is 1. The molecule has 3 nitrogen and oxygen atoms in total. The Labute approximate surface area is 125 Å². The molecule has 0 aromatic heterocycles. The van der Waals surface area contributed by atoms with E-state index in [2.05, 4.69) is 0 Å². The Morgan fingerprint density at radius 1 is 1.43 bits per heavy atom. The molecule has 1 amide bonds. The summed E-state index contributed by atoms with van der Waals surface area (Å²) in [6.07, 6.45) is 1.92. The lowest BCUT2D eigenvalue weighted by Crippen LogP contribution is -2.45. The first-order valence-corrected chi connectivity index (χ1v) is 7.69. The Hall–Kier alpha value is -1.42. The minimum Gasteiger partial charge on any atom is -0.393 e. The summed E-state index contributed by atoms with van der Waals surface area (Å²) >= 11 is 0. The number of likely N-dealkylation sites (tertiary alicyclic amines) is 1. The molecule has 0 bridgehead atoms. The van der Waals surface area contributed by atoms with E-state index in [0.29, 0.717) is 18.5 Å². The van der Waals surface area contributed by atoms with E-state index in [1.807, 2.05) is 11.8 Å². The van der Waals surface area contributed by atoms with Gasteiger partial charge in [0.25, 0.3) is 0 Å². The van der Waals surface area contributed by atoms with E-state index in [4.69, 9.17) is 0 Å². The Balaban J connectivity index is 1.97. The van der Waals surface area contributed by atoms with Gasteiger partial charge in [-0.2, -0.15) is 0 Å². The number of piperidine rings is 1. The number of halogens is 1. The summed E-state index contributed by atoms with van der Waals surface area (Å²) in [7, 11) is 0. The summed E-state index contributed by atoms with van der Waals surface area (Å²) in [5, 5.41) is 9.70. The van der Waals surface area contributed by atoms with Crippen LogP contribution in [0.1, 0.15) is 32.3 Å². The summed E-state index contributed by atoms with van der Waals surface area (Å²) < 4.78 is 13.7. The van der Waals surface area contributed by atoms with Crippen molar-refractivity contribution in [2.75, 3.05) is 13.1 Å². The van der Waals surface area contributed by atoms with E-state index >= 15 is 0 Å². The maximum absolute atomic E-state index is 13.7. The standard InChI is InChI=1S/C17H24FNO2/c1-12(10-14-6-3-4-8-16(14)18)17(21)19-9-5-7-15(11-19)13(2)20/h3-4,6,8,12-13,15,20H,5,7,9-11H2,1-2H3. The van der Waals surface area contributed by atoms with Gasteiger partial charge >= 0.3 is 0 Å². The molecule has 1 aromatic rings. The molecule has 21 heavy (non-hydrogen) atoms. The number of carbonyl (C=O) groups excluding carboxylic acids is 1. The second kappa shape index (κ2) is 7.03. The molecule has 1 saturated heterocycles. The molecule has 3 unspecified atom stereocenters. The van der Waals surface area contributed by atoms with Crippen molar-refractivity contribution >= 4 is 5.91 Å². The van der Waals surface area contributed by atoms with E-state index < -0.39 is 0 Å². The van der Waals surface area contributed by atoms with Gasteiger partial charge in [-0.3, -0.25) is 4.79 Å². The molecule has 116 valence electrons. The third-order valence-corrected chi connectivity index (χ3v) is 4.36. The number of aliphatic hydroxyl groups excluding tert-OH is 1. The fourth-order valence-corrected chi connectivity index (χ4v) is 3.00. The van der Waals surface area contributed by atoms with Crippen LogP contribution in [0.3, 0.4) is 0 Å². The minimum atomic E-state index is -0.387. The molecule has 1 aliphatic heterocycles. The van der Waals surface area contributed by atoms with Gasteiger partial charge in [0.05, 0.1) is 6.10 Å². The van der Waals surface area contributed by atoms with Crippen LogP contribution in [-0.4, -0.2) is 35.1 Å². The van der Waals surface area contributed by atoms with Gasteiger partial charge in [-0.25, -0.2) is 4.39 Å². The molecule has 2 rings (SSSR count). The van der Waals surface area contributed by atoms with Gasteiger partial charge in [-0.05, 0) is 37.8 Å². The molecular weight excluding hydrogens is 269 g/mol. The lowest BCUT2D eigenvalue weighted by atomic mass is 9.91. The highest BCUT2D eigenvalue weighted by Crippen LogP contribution is 2.22. The first-order chi connectivity index (χ1) is 9.99. The van der Waals surface area contributed by atoms with E-state index in [0.717, 1.165) is 19.4 Å². The molecular formula is C17H24FNO2. The van der Waals surface area contributed by atoms with Crippen LogP contribution in [0.25, 0.3) is 0 Å². The van der Waals surface area contributed by atoms with Crippen molar-refractivity contribution in [2.45, 2.75) is 39.2 Å². The van der Waals surface area contributed by atoms with Crippen molar-refractivity contribution in [3.63, 3.8) is 0 Å². The molecule has 3 atom stereocenters. The molecule has 1 aromatic carbocycles. The van der Waals surface area contributed by atoms with Gasteiger partial charge in [-0.15, -0.1) is 0 Å². The number of nitrogens with zero attached hydrogens (tertiary/aromatic N) is 1. The van der Waals surface area contributed by atoms with Gasteiger partial charge < -0.3 is 10.0 Å². The van der Waals surface area contributed by atoms with E-state index in [-0.39, 0.29) is 29.7 Å². The quantitative estimate of drug-likeness (QED) is 0.927. The topological polar surface area (TPSA) is 40.5 Å². The zero-order valence-electron chi connectivity index (χ0n) is 12.8. The van der Waals surface area contributed by atoms with Crippen LogP contribution in [0.2, 0.25) is 0 Å². The van der Waals surface area contributed by atoms with Crippen LogP contribution >= 0.6 is 0 Å². The summed E-state index contributed by atoms with van der Waals surface area (Å²) in [6.45, 7) is 4.98. The van der Waals surface area contributed by atoms with Gasteiger partial charge in [0.1, 0.15) is 5.82 Å². The Kier molecular flexibility index (Phi) is 5.34. The molecule has 0 spiro atoms. The Morgan fingerprint density at radius 2 is 2.14 bits per heavy atom. The number of amides is 1. The van der Waals surface area contributed by atoms with Crippen molar-refractivity contribution in [1.82, 2.24) is 4.90 Å². The average Bonchev–Trinajstić information content (AvgIpc) is 2.49. The lowest BCUT2D eigenvalue weighted by molar-refractivity contribution is -0.137. The zero-order valence-corrected chi connectivity index (χ0v) is 12.8. The van der Waals surface area contributed by atoms with Crippen molar-refractivity contribution in [3.8, 4) is 0 Å². The van der Waals surface area contributed by atoms with Crippen LogP contribution in [0.15, 0.2) is 24.3 Å². The summed E-state index contributed by atoms with van der Waals surface area (Å²) in [5.41, 5.74) is 0.586. The van der Waals surface area contributed by atoms with Crippen LogP contribution in [-0.2, 0) is 11.2 Å². The Morgan fingerprint density at radius 3 is 2.81 bits per heavy atom. The van der Waals surface area contributed by atoms with Crippen molar-refractivity contribution < 1.29 is 14.3 Å².